The molecule has 0 aliphatic rings. The second kappa shape index (κ2) is 5.50. The molecule has 0 atom stereocenters. The summed E-state index contributed by atoms with van der Waals surface area (Å²) in [6.07, 6.45) is 0.500. The molecule has 0 saturated heterocycles. The smallest absolute Gasteiger partial charge is 0.209 e. The minimum atomic E-state index is 0.500. The maximum Gasteiger partial charge on any atom is 0.209 e. The van der Waals surface area contributed by atoms with Crippen LogP contribution < -0.4 is 5.73 Å². The van der Waals surface area contributed by atoms with Crippen molar-refractivity contribution < 1.29 is 0 Å². The molecule has 0 aliphatic heterocycles. The van der Waals surface area contributed by atoms with Crippen molar-refractivity contribution in [2.24, 2.45) is 5.73 Å². The lowest BCUT2D eigenvalue weighted by Gasteiger charge is -1.99. The van der Waals surface area contributed by atoms with Gasteiger partial charge in [0.05, 0.1) is 12.6 Å². The van der Waals surface area contributed by atoms with Gasteiger partial charge >= 0.3 is 0 Å². The van der Waals surface area contributed by atoms with E-state index < -0.39 is 0 Å². The molecule has 0 aromatic carbocycles. The zero-order valence-corrected chi connectivity index (χ0v) is 7.87. The molecule has 0 radical (unpaired) electrons. The molecule has 0 amide bonds. The highest BCUT2D eigenvalue weighted by molar-refractivity contribution is 7.99. The van der Waals surface area contributed by atoms with Crippen LogP contribution >= 0.6 is 11.8 Å². The molecular formula is C6H10N6S. The Balaban J connectivity index is 2.46. The molecule has 1 aromatic rings. The molecule has 1 rings (SSSR count). The second-order valence-corrected chi connectivity index (χ2v) is 3.29. The lowest BCUT2D eigenvalue weighted by Crippen LogP contribution is -2.12. The van der Waals surface area contributed by atoms with Crippen molar-refractivity contribution in [2.45, 2.75) is 18.1 Å². The topological polar surface area (TPSA) is 93.4 Å². The van der Waals surface area contributed by atoms with Gasteiger partial charge in [0.25, 0.3) is 0 Å². The van der Waals surface area contributed by atoms with E-state index in [4.69, 9.17) is 11.0 Å². The maximum atomic E-state index is 8.33. The Hall–Kier alpha value is -1.13. The van der Waals surface area contributed by atoms with Crippen LogP contribution in [0.5, 0.6) is 0 Å². The van der Waals surface area contributed by atoms with Gasteiger partial charge in [0.2, 0.25) is 5.16 Å². The average molecular weight is 198 g/mol. The minimum absolute atomic E-state index is 0.500. The molecule has 1 aromatic heterocycles. The molecule has 0 aliphatic carbocycles. The van der Waals surface area contributed by atoms with Crippen molar-refractivity contribution in [3.8, 4) is 6.07 Å². The summed E-state index contributed by atoms with van der Waals surface area (Å²) in [4.78, 5) is 0. The first-order valence-electron chi connectivity index (χ1n) is 3.84. The molecule has 1 heterocycles. The van der Waals surface area contributed by atoms with E-state index in [0.717, 1.165) is 5.16 Å². The molecule has 6 nitrogen and oxygen atoms in total. The fourth-order valence-corrected chi connectivity index (χ4v) is 1.50. The summed E-state index contributed by atoms with van der Waals surface area (Å²) in [5, 5.41) is 20.1. The van der Waals surface area contributed by atoms with Crippen molar-refractivity contribution in [2.75, 3.05) is 12.3 Å². The normalized spacial score (nSPS) is 9.85. The van der Waals surface area contributed by atoms with E-state index in [9.17, 15) is 0 Å². The first-order valence-corrected chi connectivity index (χ1v) is 4.83. The van der Waals surface area contributed by atoms with Crippen LogP contribution in [0.15, 0.2) is 5.16 Å². The number of rotatable bonds is 5. The largest absolute Gasteiger partial charge is 0.329 e. The van der Waals surface area contributed by atoms with Crippen LogP contribution in [0.4, 0.5) is 0 Å². The summed E-state index contributed by atoms with van der Waals surface area (Å²) in [7, 11) is 0. The van der Waals surface area contributed by atoms with E-state index in [0.29, 0.717) is 25.3 Å². The van der Waals surface area contributed by atoms with Crippen molar-refractivity contribution in [3.63, 3.8) is 0 Å². The maximum absolute atomic E-state index is 8.33. The van der Waals surface area contributed by atoms with E-state index >= 15 is 0 Å². The molecule has 2 N–H and O–H groups in total. The molecule has 0 spiro atoms. The van der Waals surface area contributed by atoms with Crippen molar-refractivity contribution in [1.82, 2.24) is 20.2 Å². The molecule has 0 bridgehead atoms. The van der Waals surface area contributed by atoms with Crippen LogP contribution in [-0.4, -0.2) is 32.5 Å². The molecule has 0 fully saturated rings. The Labute approximate surface area is 80.1 Å². The Kier molecular flexibility index (Phi) is 4.21. The van der Waals surface area contributed by atoms with Crippen molar-refractivity contribution in [3.05, 3.63) is 0 Å². The van der Waals surface area contributed by atoms with Gasteiger partial charge in [-0.05, 0) is 10.4 Å². The van der Waals surface area contributed by atoms with Crippen molar-refractivity contribution in [1.29, 1.82) is 5.26 Å². The predicted octanol–water partition coefficient (Wildman–Crippen LogP) is -0.362. The third-order valence-electron chi connectivity index (χ3n) is 1.28. The van der Waals surface area contributed by atoms with Crippen molar-refractivity contribution >= 4 is 11.8 Å². The van der Waals surface area contributed by atoms with Crippen LogP contribution in [-0.2, 0) is 6.54 Å². The first kappa shape index (κ1) is 9.95. The van der Waals surface area contributed by atoms with Gasteiger partial charge in [-0.25, -0.2) is 4.68 Å². The molecule has 7 heteroatoms. The summed E-state index contributed by atoms with van der Waals surface area (Å²) < 4.78 is 1.64. The highest BCUT2D eigenvalue weighted by atomic mass is 32.2. The van der Waals surface area contributed by atoms with Gasteiger partial charge in [-0.1, -0.05) is 11.8 Å². The third kappa shape index (κ3) is 3.01. The Morgan fingerprint density at radius 2 is 2.46 bits per heavy atom. The highest BCUT2D eigenvalue weighted by Crippen LogP contribution is 2.13. The molecule has 70 valence electrons. The zero-order valence-electron chi connectivity index (χ0n) is 7.05. The Morgan fingerprint density at radius 3 is 3.15 bits per heavy atom. The SMILES string of the molecule is N#CCCSc1nnnn1CCN. The fourth-order valence-electron chi connectivity index (χ4n) is 0.750. The second-order valence-electron chi connectivity index (χ2n) is 2.23. The summed E-state index contributed by atoms with van der Waals surface area (Å²) in [6, 6.07) is 2.06. The number of nitrogens with two attached hydrogens (primary N) is 1. The van der Waals surface area contributed by atoms with Gasteiger partial charge in [0.1, 0.15) is 0 Å². The van der Waals surface area contributed by atoms with E-state index in [-0.39, 0.29) is 0 Å². The molecule has 0 saturated carbocycles. The molecule has 0 unspecified atom stereocenters. The van der Waals surface area contributed by atoms with E-state index in [2.05, 4.69) is 21.6 Å². The number of nitrogens with zero attached hydrogens (tertiary/aromatic N) is 5. The Bertz CT molecular complexity index is 290. The highest BCUT2D eigenvalue weighted by Gasteiger charge is 2.04. The van der Waals surface area contributed by atoms with Crippen LogP contribution in [0.25, 0.3) is 0 Å². The monoisotopic (exact) mass is 198 g/mol. The van der Waals surface area contributed by atoms with E-state index in [1.165, 1.54) is 11.8 Å². The van der Waals surface area contributed by atoms with Crippen LogP contribution in [0, 0.1) is 11.3 Å². The number of tetrazole rings is 1. The minimum Gasteiger partial charge on any atom is -0.329 e. The summed E-state index contributed by atoms with van der Waals surface area (Å²) >= 11 is 1.47. The predicted molar refractivity (Wildman–Crippen MR) is 47.8 cm³/mol. The standard InChI is InChI=1S/C6H10N6S/c7-2-1-5-13-6-9-10-11-12(6)4-3-8/h1,3-5,8H2. The van der Waals surface area contributed by atoms with Gasteiger partial charge in [0, 0.05) is 18.7 Å². The third-order valence-corrected chi connectivity index (χ3v) is 2.24. The summed E-state index contributed by atoms with van der Waals surface area (Å²) in [5.41, 5.74) is 5.37. The number of hydrogen-bond donors (Lipinski definition) is 1. The summed E-state index contributed by atoms with van der Waals surface area (Å²) in [6.45, 7) is 1.12. The van der Waals surface area contributed by atoms with Gasteiger partial charge in [-0.15, -0.1) is 5.10 Å². The van der Waals surface area contributed by atoms with Gasteiger partial charge in [0.15, 0.2) is 0 Å². The summed E-state index contributed by atoms with van der Waals surface area (Å²) in [5.74, 6) is 0.710. The van der Waals surface area contributed by atoms with Crippen LogP contribution in [0.2, 0.25) is 0 Å². The lowest BCUT2D eigenvalue weighted by atomic mass is 10.6. The molecular weight excluding hydrogens is 188 g/mol. The fraction of sp³-hybridized carbons (Fsp3) is 0.667. The van der Waals surface area contributed by atoms with E-state index in [1.807, 2.05) is 0 Å². The van der Waals surface area contributed by atoms with E-state index in [1.54, 1.807) is 4.68 Å². The number of aromatic nitrogens is 4. The van der Waals surface area contributed by atoms with Crippen LogP contribution in [0.1, 0.15) is 6.42 Å². The van der Waals surface area contributed by atoms with Gasteiger partial charge < -0.3 is 5.73 Å². The van der Waals surface area contributed by atoms with Gasteiger partial charge in [-0.2, -0.15) is 5.26 Å². The lowest BCUT2D eigenvalue weighted by molar-refractivity contribution is 0.557. The van der Waals surface area contributed by atoms with Gasteiger partial charge in [-0.3, -0.25) is 0 Å². The zero-order chi connectivity index (χ0) is 9.52. The number of hydrogen-bond acceptors (Lipinski definition) is 6. The Morgan fingerprint density at radius 1 is 1.62 bits per heavy atom. The number of thioether (sulfide) groups is 1. The quantitative estimate of drug-likeness (QED) is 0.513. The van der Waals surface area contributed by atoms with Crippen LogP contribution in [0.3, 0.4) is 0 Å². The average Bonchev–Trinajstić information content (AvgIpc) is 2.54. The first-order chi connectivity index (χ1) is 6.38. The molecule has 13 heavy (non-hydrogen) atoms. The number of nitriles is 1.